The van der Waals surface area contributed by atoms with Crippen molar-refractivity contribution in [1.82, 2.24) is 20.5 Å². The monoisotopic (exact) mass is 393 g/mol. The van der Waals surface area contributed by atoms with Gasteiger partial charge in [-0.1, -0.05) is 17.4 Å². The Morgan fingerprint density at radius 3 is 3.04 bits per heavy atom. The number of hydrogen-bond donors (Lipinski definition) is 2. The fourth-order valence-corrected chi connectivity index (χ4v) is 5.64. The van der Waals surface area contributed by atoms with Crippen LogP contribution < -0.4 is 15.0 Å². The van der Waals surface area contributed by atoms with Gasteiger partial charge < -0.3 is 15.0 Å². The Kier molecular flexibility index (Phi) is 3.58. The highest BCUT2D eigenvalue weighted by Crippen LogP contribution is 2.47. The number of piperidine rings is 1. The topological polar surface area (TPSA) is 66.1 Å². The summed E-state index contributed by atoms with van der Waals surface area (Å²) in [5.41, 5.74) is 4.82. The van der Waals surface area contributed by atoms with E-state index in [1.807, 2.05) is 12.4 Å². The molecule has 0 amide bonds. The van der Waals surface area contributed by atoms with Gasteiger partial charge in [0.1, 0.15) is 12.4 Å². The lowest BCUT2D eigenvalue weighted by Gasteiger charge is -2.36. The van der Waals surface area contributed by atoms with Crippen LogP contribution in [-0.4, -0.2) is 40.4 Å². The molecule has 6 nitrogen and oxygen atoms in total. The van der Waals surface area contributed by atoms with E-state index in [1.54, 1.807) is 11.3 Å². The van der Waals surface area contributed by atoms with Crippen LogP contribution in [0.1, 0.15) is 31.4 Å². The van der Waals surface area contributed by atoms with Crippen LogP contribution in [0.4, 0.5) is 5.13 Å². The smallest absolute Gasteiger partial charge is 0.186 e. The van der Waals surface area contributed by atoms with Crippen molar-refractivity contribution in [2.75, 3.05) is 18.5 Å². The first-order valence-electron chi connectivity index (χ1n) is 9.95. The molecule has 1 spiro atoms. The first-order valence-corrected chi connectivity index (χ1v) is 10.8. The fraction of sp³-hybridized carbons (Fsp3) is 0.429. The Labute approximate surface area is 167 Å². The molecule has 3 aliphatic rings. The summed E-state index contributed by atoms with van der Waals surface area (Å²) >= 11 is 1.80. The number of fused-ring (bicyclic) bond motifs is 3. The summed E-state index contributed by atoms with van der Waals surface area (Å²) in [6.07, 6.45) is 8.80. The molecule has 1 aromatic carbocycles. The SMILES string of the molecule is CN(c1nc2c(s1)-c1ccc(-c3cn[nH]c3)cc1OC2)C1CCNC2(CC2)C1. The number of H-pyrrole nitrogens is 1. The minimum atomic E-state index is 0.424. The number of rotatable bonds is 3. The summed E-state index contributed by atoms with van der Waals surface area (Å²) < 4.78 is 6.06. The van der Waals surface area contributed by atoms with Crippen LogP contribution in [0.5, 0.6) is 5.75 Å². The zero-order valence-electron chi connectivity index (χ0n) is 15.9. The zero-order valence-corrected chi connectivity index (χ0v) is 16.7. The van der Waals surface area contributed by atoms with Gasteiger partial charge in [0.2, 0.25) is 0 Å². The molecule has 1 unspecified atom stereocenters. The van der Waals surface area contributed by atoms with E-state index in [0.717, 1.165) is 39.8 Å². The molecule has 3 aromatic rings. The molecule has 0 radical (unpaired) electrons. The van der Waals surface area contributed by atoms with Gasteiger partial charge in [-0.3, -0.25) is 5.10 Å². The molecule has 2 aromatic heterocycles. The van der Waals surface area contributed by atoms with Gasteiger partial charge in [0, 0.05) is 36.0 Å². The van der Waals surface area contributed by atoms with Crippen LogP contribution >= 0.6 is 11.3 Å². The van der Waals surface area contributed by atoms with E-state index in [4.69, 9.17) is 9.72 Å². The number of benzene rings is 1. The maximum Gasteiger partial charge on any atom is 0.186 e. The molecular weight excluding hydrogens is 370 g/mol. The third-order valence-corrected chi connectivity index (χ3v) is 7.64. The molecule has 6 rings (SSSR count). The molecular formula is C21H23N5OS. The van der Waals surface area contributed by atoms with Crippen molar-refractivity contribution in [3.8, 4) is 27.3 Å². The van der Waals surface area contributed by atoms with Crippen LogP contribution in [0, 0.1) is 0 Å². The second-order valence-electron chi connectivity index (χ2n) is 8.22. The van der Waals surface area contributed by atoms with Crippen molar-refractivity contribution in [1.29, 1.82) is 0 Å². The molecule has 28 heavy (non-hydrogen) atoms. The van der Waals surface area contributed by atoms with Gasteiger partial charge in [-0.25, -0.2) is 4.98 Å². The summed E-state index contributed by atoms with van der Waals surface area (Å²) in [4.78, 5) is 8.60. The van der Waals surface area contributed by atoms with E-state index in [9.17, 15) is 0 Å². The van der Waals surface area contributed by atoms with Gasteiger partial charge in [-0.05, 0) is 49.9 Å². The van der Waals surface area contributed by atoms with Gasteiger partial charge in [-0.15, -0.1) is 0 Å². The first-order chi connectivity index (χ1) is 13.7. The van der Waals surface area contributed by atoms with Crippen molar-refractivity contribution in [2.24, 2.45) is 0 Å². The lowest BCUT2D eigenvalue weighted by molar-refractivity contribution is 0.298. The highest BCUT2D eigenvalue weighted by molar-refractivity contribution is 7.19. The molecule has 144 valence electrons. The van der Waals surface area contributed by atoms with E-state index in [-0.39, 0.29) is 0 Å². The van der Waals surface area contributed by atoms with E-state index < -0.39 is 0 Å². The largest absolute Gasteiger partial charge is 0.487 e. The second kappa shape index (κ2) is 6.06. The van der Waals surface area contributed by atoms with Crippen LogP contribution in [0.3, 0.4) is 0 Å². The van der Waals surface area contributed by atoms with E-state index >= 15 is 0 Å². The van der Waals surface area contributed by atoms with Gasteiger partial charge in [-0.2, -0.15) is 5.10 Å². The number of nitrogens with zero attached hydrogens (tertiary/aromatic N) is 3. The summed E-state index contributed by atoms with van der Waals surface area (Å²) in [5.74, 6) is 0.933. The van der Waals surface area contributed by atoms with Crippen molar-refractivity contribution < 1.29 is 4.74 Å². The minimum absolute atomic E-state index is 0.424. The second-order valence-corrected chi connectivity index (χ2v) is 9.20. The number of thiazole rings is 1. The molecule has 2 fully saturated rings. The Hall–Kier alpha value is -2.38. The number of anilines is 1. The zero-order chi connectivity index (χ0) is 18.7. The van der Waals surface area contributed by atoms with Crippen LogP contribution in [0.15, 0.2) is 30.6 Å². The number of hydrogen-bond acceptors (Lipinski definition) is 6. The Bertz CT molecular complexity index is 1020. The fourth-order valence-electron chi connectivity index (χ4n) is 4.51. The van der Waals surface area contributed by atoms with Crippen LogP contribution in [0.25, 0.3) is 21.6 Å². The average Bonchev–Trinajstić information content (AvgIpc) is 3.17. The highest BCUT2D eigenvalue weighted by atomic mass is 32.1. The minimum Gasteiger partial charge on any atom is -0.487 e. The van der Waals surface area contributed by atoms with E-state index in [2.05, 4.69) is 45.7 Å². The summed E-state index contributed by atoms with van der Waals surface area (Å²) in [5, 5.41) is 11.7. The van der Waals surface area contributed by atoms with E-state index in [1.165, 1.54) is 30.6 Å². The molecule has 7 heteroatoms. The van der Waals surface area contributed by atoms with Crippen molar-refractivity contribution in [2.45, 2.75) is 43.9 Å². The number of nitrogens with one attached hydrogen (secondary N) is 2. The molecule has 0 bridgehead atoms. The molecule has 2 N–H and O–H groups in total. The number of aromatic amines is 1. The highest BCUT2D eigenvalue weighted by Gasteiger charge is 2.46. The molecule has 1 aliphatic carbocycles. The third-order valence-electron chi connectivity index (χ3n) is 6.42. The van der Waals surface area contributed by atoms with Crippen LogP contribution in [-0.2, 0) is 6.61 Å². The van der Waals surface area contributed by atoms with Crippen molar-refractivity contribution in [3.63, 3.8) is 0 Å². The molecule has 4 heterocycles. The predicted octanol–water partition coefficient (Wildman–Crippen LogP) is 3.81. The average molecular weight is 394 g/mol. The maximum atomic E-state index is 6.06. The lowest BCUT2D eigenvalue weighted by atomic mass is 9.97. The third kappa shape index (κ3) is 2.64. The van der Waals surface area contributed by atoms with Gasteiger partial charge in [0.25, 0.3) is 0 Å². The summed E-state index contributed by atoms with van der Waals surface area (Å²) in [6.45, 7) is 1.65. The Balaban J connectivity index is 1.31. The maximum absolute atomic E-state index is 6.06. The van der Waals surface area contributed by atoms with Crippen LogP contribution in [0.2, 0.25) is 0 Å². The Morgan fingerprint density at radius 2 is 2.21 bits per heavy atom. The predicted molar refractivity (Wildman–Crippen MR) is 111 cm³/mol. The normalized spacial score (nSPS) is 21.7. The lowest BCUT2D eigenvalue weighted by Crippen LogP contribution is -2.48. The molecule has 1 saturated heterocycles. The van der Waals surface area contributed by atoms with Gasteiger partial charge in [0.05, 0.1) is 16.8 Å². The molecule has 1 atom stereocenters. The summed E-state index contributed by atoms with van der Waals surface area (Å²) in [7, 11) is 2.21. The van der Waals surface area contributed by atoms with E-state index in [0.29, 0.717) is 18.2 Å². The molecule has 2 aliphatic heterocycles. The van der Waals surface area contributed by atoms with Crippen molar-refractivity contribution in [3.05, 3.63) is 36.3 Å². The number of ether oxygens (including phenoxy) is 1. The number of aromatic nitrogens is 3. The standard InChI is InChI=1S/C21H23N5OS/c1-26(15-4-7-22-21(9-15)5-6-21)20-25-17-12-27-18-8-13(14-10-23-24-11-14)2-3-16(18)19(17)28-20/h2-3,8,10-11,15,22H,4-7,9,12H2,1H3,(H,23,24). The molecule has 1 saturated carbocycles. The van der Waals surface area contributed by atoms with Gasteiger partial charge >= 0.3 is 0 Å². The first kappa shape index (κ1) is 16.6. The quantitative estimate of drug-likeness (QED) is 0.708. The van der Waals surface area contributed by atoms with Crippen molar-refractivity contribution >= 4 is 16.5 Å². The Morgan fingerprint density at radius 1 is 1.29 bits per heavy atom. The van der Waals surface area contributed by atoms with Gasteiger partial charge in [0.15, 0.2) is 5.13 Å². The summed E-state index contributed by atoms with van der Waals surface area (Å²) in [6, 6.07) is 6.96.